The van der Waals surface area contributed by atoms with Gasteiger partial charge in [0.25, 0.3) is 0 Å². The zero-order valence-electron chi connectivity index (χ0n) is 21.3. The first-order valence-corrected chi connectivity index (χ1v) is 11.8. The predicted octanol–water partition coefficient (Wildman–Crippen LogP) is 6.31. The molecule has 0 radical (unpaired) electrons. The van der Waals surface area contributed by atoms with Crippen molar-refractivity contribution in [3.8, 4) is 11.3 Å². The summed E-state index contributed by atoms with van der Waals surface area (Å²) >= 11 is 0. The summed E-state index contributed by atoms with van der Waals surface area (Å²) in [6.45, 7) is 5.13. The molecule has 2 heterocycles. The van der Waals surface area contributed by atoms with Gasteiger partial charge in [-0.2, -0.15) is 4.39 Å². The van der Waals surface area contributed by atoms with Crippen LogP contribution in [-0.2, 0) is 16.0 Å². The minimum atomic E-state index is -1.08. The van der Waals surface area contributed by atoms with Crippen molar-refractivity contribution in [2.24, 2.45) is 0 Å². The van der Waals surface area contributed by atoms with Crippen LogP contribution in [0.15, 0.2) is 77.2 Å². The van der Waals surface area contributed by atoms with Gasteiger partial charge in [-0.05, 0) is 50.6 Å². The molecule has 0 aliphatic rings. The zero-order valence-corrected chi connectivity index (χ0v) is 21.3. The minimum Gasteiger partial charge on any atom is -0.465 e. The van der Waals surface area contributed by atoms with E-state index >= 15 is 0 Å². The van der Waals surface area contributed by atoms with Gasteiger partial charge in [0.05, 0.1) is 28.8 Å². The van der Waals surface area contributed by atoms with Gasteiger partial charge in [-0.1, -0.05) is 24.3 Å². The number of nitrogens with one attached hydrogen (secondary N) is 1. The lowest BCUT2D eigenvalue weighted by atomic mass is 10.1. The van der Waals surface area contributed by atoms with E-state index in [2.05, 4.69) is 15.3 Å². The van der Waals surface area contributed by atoms with Crippen LogP contribution in [0, 0.1) is 21.7 Å². The van der Waals surface area contributed by atoms with E-state index < -0.39 is 33.8 Å². The lowest BCUT2D eigenvalue weighted by Crippen LogP contribution is -2.27. The van der Waals surface area contributed by atoms with Crippen molar-refractivity contribution >= 4 is 23.6 Å². The van der Waals surface area contributed by atoms with Crippen LogP contribution in [-0.4, -0.2) is 26.5 Å². The van der Waals surface area contributed by atoms with Crippen molar-refractivity contribution in [1.82, 2.24) is 9.97 Å². The fourth-order valence-corrected chi connectivity index (χ4v) is 3.59. The smallest absolute Gasteiger partial charge is 0.355 e. The molecule has 0 spiro atoms. The van der Waals surface area contributed by atoms with Crippen molar-refractivity contribution in [3.63, 3.8) is 0 Å². The molecule has 0 aliphatic carbocycles. The van der Waals surface area contributed by atoms with E-state index in [1.165, 1.54) is 42.8 Å². The van der Waals surface area contributed by atoms with Gasteiger partial charge in [-0.3, -0.25) is 10.1 Å². The van der Waals surface area contributed by atoms with Gasteiger partial charge in [0, 0.05) is 24.1 Å². The number of ether oxygens (including phenoxy) is 1. The lowest BCUT2D eigenvalue weighted by molar-refractivity contribution is -0.387. The van der Waals surface area contributed by atoms with Crippen LogP contribution in [0.25, 0.3) is 17.3 Å². The summed E-state index contributed by atoms with van der Waals surface area (Å²) < 4.78 is 40.4. The Labute approximate surface area is 222 Å². The first-order valence-electron chi connectivity index (χ1n) is 11.8. The molecule has 2 aromatic heterocycles. The molecule has 0 bridgehead atoms. The second-order valence-corrected chi connectivity index (χ2v) is 9.41. The maximum absolute atomic E-state index is 15.0. The van der Waals surface area contributed by atoms with Gasteiger partial charge in [0.15, 0.2) is 5.82 Å². The van der Waals surface area contributed by atoms with E-state index in [0.717, 1.165) is 6.07 Å². The highest BCUT2D eigenvalue weighted by Crippen LogP contribution is 2.30. The molecule has 2 aromatic carbocycles. The molecular weight excluding hydrogens is 510 g/mol. The molecule has 4 aromatic rings. The fourth-order valence-electron chi connectivity index (χ4n) is 3.59. The van der Waals surface area contributed by atoms with E-state index in [0.29, 0.717) is 5.76 Å². The number of halogens is 2. The summed E-state index contributed by atoms with van der Waals surface area (Å²) in [4.78, 5) is 32.2. The SMILES string of the molecule is CC(C)(C)OC(=O)C(=Cc1ccco1)Nc1ncc(-c2cccc([N+](=O)[O-])c2F)nc1Cc1ccccc1F. The number of hydrogen-bond donors (Lipinski definition) is 1. The molecule has 0 atom stereocenters. The number of nitrogens with zero attached hydrogens (tertiary/aromatic N) is 3. The summed E-state index contributed by atoms with van der Waals surface area (Å²) in [5.41, 5.74) is -1.33. The summed E-state index contributed by atoms with van der Waals surface area (Å²) in [6.07, 6.45) is 3.96. The minimum absolute atomic E-state index is 0.0121. The number of esters is 1. The first kappa shape index (κ1) is 27.1. The van der Waals surface area contributed by atoms with E-state index in [1.54, 1.807) is 45.0 Å². The van der Waals surface area contributed by atoms with Crippen molar-refractivity contribution < 1.29 is 27.7 Å². The van der Waals surface area contributed by atoms with Crippen LogP contribution < -0.4 is 5.32 Å². The third-order valence-electron chi connectivity index (χ3n) is 5.31. The van der Waals surface area contributed by atoms with Crippen LogP contribution >= 0.6 is 0 Å². The quantitative estimate of drug-likeness (QED) is 0.121. The van der Waals surface area contributed by atoms with E-state index in [9.17, 15) is 23.7 Å². The molecule has 0 amide bonds. The Bertz CT molecular complexity index is 1550. The number of carbonyl (C=O) groups excluding carboxylic acids is 1. The Balaban J connectivity index is 1.81. The highest BCUT2D eigenvalue weighted by atomic mass is 19.1. The van der Waals surface area contributed by atoms with E-state index in [1.807, 2.05) is 0 Å². The molecule has 200 valence electrons. The molecule has 0 unspecified atom stereocenters. The number of nitro benzene ring substituents is 1. The zero-order chi connectivity index (χ0) is 28.2. The number of aromatic nitrogens is 2. The van der Waals surface area contributed by atoms with Crippen LogP contribution in [0.3, 0.4) is 0 Å². The summed E-state index contributed by atoms with van der Waals surface area (Å²) in [5, 5.41) is 14.1. The van der Waals surface area contributed by atoms with E-state index in [-0.39, 0.29) is 40.5 Å². The average molecular weight is 535 g/mol. The third-order valence-corrected chi connectivity index (χ3v) is 5.31. The lowest BCUT2D eigenvalue weighted by Gasteiger charge is -2.21. The number of hydrogen-bond acceptors (Lipinski definition) is 8. The predicted molar refractivity (Wildman–Crippen MR) is 139 cm³/mol. The van der Waals surface area contributed by atoms with Crippen molar-refractivity contribution in [1.29, 1.82) is 0 Å². The topological polar surface area (TPSA) is 120 Å². The van der Waals surface area contributed by atoms with Crippen molar-refractivity contribution in [2.45, 2.75) is 32.8 Å². The largest absolute Gasteiger partial charge is 0.465 e. The molecule has 11 heteroatoms. The number of carbonyl (C=O) groups is 1. The Hall–Kier alpha value is -4.93. The van der Waals surface area contributed by atoms with Crippen LogP contribution in [0.4, 0.5) is 20.3 Å². The summed E-state index contributed by atoms with van der Waals surface area (Å²) in [7, 11) is 0. The molecule has 39 heavy (non-hydrogen) atoms. The Morgan fingerprint density at radius 2 is 1.90 bits per heavy atom. The molecule has 1 N–H and O–H groups in total. The number of nitro groups is 1. The van der Waals surface area contributed by atoms with Crippen LogP contribution in [0.1, 0.15) is 37.8 Å². The molecule has 0 saturated heterocycles. The summed E-state index contributed by atoms with van der Waals surface area (Å²) in [5.74, 6) is -1.89. The molecule has 0 fully saturated rings. The van der Waals surface area contributed by atoms with Gasteiger partial charge in [0.2, 0.25) is 5.82 Å². The van der Waals surface area contributed by atoms with Gasteiger partial charge in [-0.25, -0.2) is 19.2 Å². The number of furan rings is 1. The Morgan fingerprint density at radius 1 is 1.13 bits per heavy atom. The number of benzene rings is 2. The molecule has 4 rings (SSSR count). The molecule has 0 saturated carbocycles. The fraction of sp³-hybridized carbons (Fsp3) is 0.179. The maximum atomic E-state index is 15.0. The van der Waals surface area contributed by atoms with Crippen LogP contribution in [0.2, 0.25) is 0 Å². The Kier molecular flexibility index (Phi) is 7.80. The summed E-state index contributed by atoms with van der Waals surface area (Å²) in [6, 6.07) is 13.0. The standard InChI is InChI=1S/C28H24F2N4O5/c1-28(2,3)39-27(35)22(15-18-9-7-13-38-18)33-26-21(14-17-8-4-5-11-20(17)29)32-23(16-31-26)19-10-6-12-24(25(19)30)34(36)37/h4-13,15-16H,14H2,1-3H3,(H,31,33). The second-order valence-electron chi connectivity index (χ2n) is 9.41. The highest BCUT2D eigenvalue weighted by Gasteiger charge is 2.24. The third kappa shape index (κ3) is 6.69. The second kappa shape index (κ2) is 11.2. The van der Waals surface area contributed by atoms with Gasteiger partial charge < -0.3 is 14.5 Å². The van der Waals surface area contributed by atoms with E-state index in [4.69, 9.17) is 9.15 Å². The van der Waals surface area contributed by atoms with Gasteiger partial charge in [0.1, 0.15) is 22.9 Å². The number of anilines is 1. The Morgan fingerprint density at radius 3 is 2.56 bits per heavy atom. The monoisotopic (exact) mass is 534 g/mol. The molecule has 9 nitrogen and oxygen atoms in total. The first-order chi connectivity index (χ1) is 18.5. The van der Waals surface area contributed by atoms with Crippen molar-refractivity contribution in [2.75, 3.05) is 5.32 Å². The maximum Gasteiger partial charge on any atom is 0.355 e. The average Bonchev–Trinajstić information content (AvgIpc) is 3.38. The number of rotatable bonds is 8. The molecular formula is C28H24F2N4O5. The molecule has 0 aliphatic heterocycles. The normalized spacial score (nSPS) is 11.8. The van der Waals surface area contributed by atoms with Crippen molar-refractivity contribution in [3.05, 3.63) is 112 Å². The highest BCUT2D eigenvalue weighted by molar-refractivity contribution is 5.96. The van der Waals surface area contributed by atoms with Gasteiger partial charge in [-0.15, -0.1) is 0 Å². The van der Waals surface area contributed by atoms with Crippen LogP contribution in [0.5, 0.6) is 0 Å². The van der Waals surface area contributed by atoms with Gasteiger partial charge >= 0.3 is 11.7 Å².